The van der Waals surface area contributed by atoms with E-state index in [0.717, 1.165) is 23.7 Å². The molecule has 0 unspecified atom stereocenters. The molecule has 212 valence electrons. The Bertz CT molecular complexity index is 961. The molecule has 1 heterocycles. The minimum atomic E-state index is -3.82. The number of nitrogens with zero attached hydrogens (tertiary/aromatic N) is 3. The van der Waals surface area contributed by atoms with Crippen LogP contribution < -0.4 is 4.74 Å². The van der Waals surface area contributed by atoms with Crippen molar-refractivity contribution in [1.29, 1.82) is 0 Å². The topological polar surface area (TPSA) is 88.6 Å². The lowest BCUT2D eigenvalue weighted by Gasteiger charge is -2.38. The van der Waals surface area contributed by atoms with E-state index in [1.54, 1.807) is 12.0 Å². The molecule has 1 saturated heterocycles. The van der Waals surface area contributed by atoms with E-state index in [4.69, 9.17) is 13.9 Å². The number of rotatable bonds is 13. The van der Waals surface area contributed by atoms with Crippen molar-refractivity contribution in [2.45, 2.75) is 96.9 Å². The van der Waals surface area contributed by atoms with Gasteiger partial charge in [0.1, 0.15) is 5.75 Å². The predicted octanol–water partition coefficient (Wildman–Crippen LogP) is 4.70. The third kappa shape index (κ3) is 7.47. The number of amides is 1. The summed E-state index contributed by atoms with van der Waals surface area (Å²) in [6.45, 7) is 12.5. The average Bonchev–Trinajstić information content (AvgIpc) is 3.19. The second-order valence-corrected chi connectivity index (χ2v) is 17.2. The van der Waals surface area contributed by atoms with Crippen LogP contribution in [0, 0.1) is 0 Å². The summed E-state index contributed by atoms with van der Waals surface area (Å²) < 4.78 is 47.7. The number of hydrogen-bond donors (Lipinski definition) is 0. The monoisotopic (exact) mass is 557 g/mol. The third-order valence-corrected chi connectivity index (χ3v) is 14.1. The maximum absolute atomic E-state index is 13.7. The quantitative estimate of drug-likeness (QED) is 0.327. The molecule has 1 aliphatic rings. The van der Waals surface area contributed by atoms with E-state index in [-0.39, 0.29) is 25.3 Å². The van der Waals surface area contributed by atoms with Crippen LogP contribution in [0.15, 0.2) is 24.3 Å². The Labute approximate surface area is 225 Å². The second-order valence-electron chi connectivity index (χ2n) is 10.3. The van der Waals surface area contributed by atoms with E-state index in [1.807, 2.05) is 45.0 Å². The Kier molecular flexibility index (Phi) is 11.4. The summed E-state index contributed by atoms with van der Waals surface area (Å²) in [7, 11) is -1.15. The summed E-state index contributed by atoms with van der Waals surface area (Å²) in [5.74, 6) is 0.703. The zero-order valence-electron chi connectivity index (χ0n) is 24.1. The molecule has 37 heavy (non-hydrogen) atoms. The van der Waals surface area contributed by atoms with Gasteiger partial charge in [-0.15, -0.1) is 0 Å². The van der Waals surface area contributed by atoms with Crippen LogP contribution >= 0.6 is 0 Å². The van der Waals surface area contributed by atoms with Gasteiger partial charge in [0, 0.05) is 26.7 Å². The Morgan fingerprint density at radius 3 is 2.14 bits per heavy atom. The fourth-order valence-electron chi connectivity index (χ4n) is 5.02. The van der Waals surface area contributed by atoms with Crippen LogP contribution in [0.25, 0.3) is 0 Å². The number of likely N-dealkylation sites (tertiary alicyclic amines) is 1. The average molecular weight is 558 g/mol. The standard InChI is InChI=1S/C26H47N3O6SSi/c1-10-37(11-2,12-3)34-19-25-24(17-21(6)29(25)26(30)35-20(4)5)28(36(31,32)27(7)8)18-22-13-15-23(33-9)16-14-22/h13-16,20-21,24-25H,10-12,17-19H2,1-9H3/t21-,24+,25+/m1/s1. The minimum Gasteiger partial charge on any atom is -0.497 e. The maximum Gasteiger partial charge on any atom is 0.410 e. The molecule has 2 rings (SSSR count). The minimum absolute atomic E-state index is 0.170. The smallest absolute Gasteiger partial charge is 0.410 e. The van der Waals surface area contributed by atoms with Gasteiger partial charge in [-0.05, 0) is 63.0 Å². The van der Waals surface area contributed by atoms with Crippen molar-refractivity contribution in [3.8, 4) is 5.75 Å². The molecule has 1 amide bonds. The highest BCUT2D eigenvalue weighted by molar-refractivity contribution is 7.86. The second kappa shape index (κ2) is 13.4. The summed E-state index contributed by atoms with van der Waals surface area (Å²) >= 11 is 0. The molecule has 9 nitrogen and oxygen atoms in total. The fraction of sp³-hybridized carbons (Fsp3) is 0.731. The van der Waals surface area contributed by atoms with E-state index < -0.39 is 36.7 Å². The van der Waals surface area contributed by atoms with Crippen LogP contribution in [0.4, 0.5) is 4.79 Å². The SMILES string of the molecule is CC[Si](CC)(CC)OC[C@H]1[C@@H](N(Cc2ccc(OC)cc2)S(=O)(=O)N(C)C)C[C@@H](C)N1C(=O)OC(C)C. The number of methoxy groups -OCH3 is 1. The van der Waals surface area contributed by atoms with Crippen molar-refractivity contribution in [3.63, 3.8) is 0 Å². The van der Waals surface area contributed by atoms with Crippen molar-refractivity contribution in [3.05, 3.63) is 29.8 Å². The van der Waals surface area contributed by atoms with Crippen LogP contribution in [-0.2, 0) is 25.9 Å². The zero-order valence-corrected chi connectivity index (χ0v) is 25.9. The first-order chi connectivity index (χ1) is 17.3. The Morgan fingerprint density at radius 1 is 1.11 bits per heavy atom. The summed E-state index contributed by atoms with van der Waals surface area (Å²) in [6.07, 6.45) is -0.220. The zero-order chi connectivity index (χ0) is 28.0. The van der Waals surface area contributed by atoms with Crippen LogP contribution in [0.5, 0.6) is 5.75 Å². The Hall–Kier alpha value is -1.66. The van der Waals surface area contributed by atoms with Crippen molar-refractivity contribution >= 4 is 24.6 Å². The highest BCUT2D eigenvalue weighted by atomic mass is 32.2. The first-order valence-corrected chi connectivity index (χ1v) is 17.2. The lowest BCUT2D eigenvalue weighted by atomic mass is 10.1. The summed E-state index contributed by atoms with van der Waals surface area (Å²) in [6, 6.07) is 9.14. The highest BCUT2D eigenvalue weighted by Crippen LogP contribution is 2.34. The van der Waals surface area contributed by atoms with Gasteiger partial charge in [0.05, 0.1) is 31.9 Å². The molecule has 1 aromatic rings. The summed E-state index contributed by atoms with van der Waals surface area (Å²) in [5, 5.41) is 0. The summed E-state index contributed by atoms with van der Waals surface area (Å²) in [4.78, 5) is 15.0. The normalized spacial score (nSPS) is 20.8. The van der Waals surface area contributed by atoms with E-state index in [2.05, 4.69) is 20.8 Å². The number of ether oxygens (including phenoxy) is 2. The molecule has 11 heteroatoms. The van der Waals surface area contributed by atoms with E-state index in [0.29, 0.717) is 12.2 Å². The first-order valence-electron chi connectivity index (χ1n) is 13.3. The highest BCUT2D eigenvalue weighted by Gasteiger charge is 2.49. The first kappa shape index (κ1) is 31.6. The van der Waals surface area contributed by atoms with Gasteiger partial charge in [-0.25, -0.2) is 4.79 Å². The van der Waals surface area contributed by atoms with Crippen molar-refractivity contribution < 1.29 is 27.1 Å². The number of carbonyl (C=O) groups is 1. The van der Waals surface area contributed by atoms with Gasteiger partial charge in [0.2, 0.25) is 0 Å². The number of benzene rings is 1. The van der Waals surface area contributed by atoms with Crippen molar-refractivity contribution in [2.75, 3.05) is 27.8 Å². The van der Waals surface area contributed by atoms with Crippen LogP contribution in [0.1, 0.15) is 53.5 Å². The van der Waals surface area contributed by atoms with Crippen LogP contribution in [-0.4, -0.2) is 88.4 Å². The molecular formula is C26H47N3O6SSi. The molecular weight excluding hydrogens is 510 g/mol. The van der Waals surface area contributed by atoms with Crippen LogP contribution in [0.2, 0.25) is 18.1 Å². The molecule has 0 bridgehead atoms. The molecule has 0 aliphatic carbocycles. The van der Waals surface area contributed by atoms with Crippen LogP contribution in [0.3, 0.4) is 0 Å². The van der Waals surface area contributed by atoms with E-state index in [1.165, 1.54) is 22.7 Å². The van der Waals surface area contributed by atoms with Gasteiger partial charge in [0.15, 0.2) is 8.32 Å². The molecule has 3 atom stereocenters. The molecule has 1 aromatic carbocycles. The number of carbonyl (C=O) groups excluding carboxylic acids is 1. The fourth-order valence-corrected chi connectivity index (χ4v) is 8.96. The molecule has 0 spiro atoms. The Morgan fingerprint density at radius 2 is 1.68 bits per heavy atom. The van der Waals surface area contributed by atoms with Gasteiger partial charge in [-0.2, -0.15) is 17.0 Å². The van der Waals surface area contributed by atoms with Crippen molar-refractivity contribution in [2.24, 2.45) is 0 Å². The molecule has 1 fully saturated rings. The molecule has 0 N–H and O–H groups in total. The van der Waals surface area contributed by atoms with E-state index in [9.17, 15) is 13.2 Å². The van der Waals surface area contributed by atoms with E-state index >= 15 is 0 Å². The van der Waals surface area contributed by atoms with Gasteiger partial charge in [0.25, 0.3) is 10.2 Å². The molecule has 0 aromatic heterocycles. The lowest BCUT2D eigenvalue weighted by Crippen LogP contribution is -2.55. The number of hydrogen-bond acceptors (Lipinski definition) is 6. The lowest BCUT2D eigenvalue weighted by molar-refractivity contribution is 0.0477. The molecule has 0 radical (unpaired) electrons. The Balaban J connectivity index is 2.53. The van der Waals surface area contributed by atoms with Crippen molar-refractivity contribution in [1.82, 2.24) is 13.5 Å². The predicted molar refractivity (Wildman–Crippen MR) is 149 cm³/mol. The van der Waals surface area contributed by atoms with Gasteiger partial charge >= 0.3 is 6.09 Å². The third-order valence-electron chi connectivity index (χ3n) is 7.52. The largest absolute Gasteiger partial charge is 0.497 e. The molecule has 1 aliphatic heterocycles. The maximum atomic E-state index is 13.7. The molecule has 0 saturated carbocycles. The van der Waals surface area contributed by atoms with Gasteiger partial charge < -0.3 is 13.9 Å². The summed E-state index contributed by atoms with van der Waals surface area (Å²) in [5.41, 5.74) is 0.834. The van der Waals surface area contributed by atoms with Gasteiger partial charge in [-0.1, -0.05) is 32.9 Å². The van der Waals surface area contributed by atoms with Gasteiger partial charge in [-0.3, -0.25) is 4.90 Å².